The van der Waals surface area contributed by atoms with Gasteiger partial charge in [0.15, 0.2) is 0 Å². The number of nitrogens with zero attached hydrogens (tertiary/aromatic N) is 1. The van der Waals surface area contributed by atoms with Crippen LogP contribution < -0.4 is 4.74 Å². The van der Waals surface area contributed by atoms with Gasteiger partial charge in [-0.25, -0.2) is 0 Å². The number of fused-ring (bicyclic) bond motifs is 1. The van der Waals surface area contributed by atoms with Crippen LogP contribution in [0, 0.1) is 17.8 Å². The summed E-state index contributed by atoms with van der Waals surface area (Å²) in [6.07, 6.45) is 9.41. The summed E-state index contributed by atoms with van der Waals surface area (Å²) in [5.41, 5.74) is 0.924. The molecule has 2 fully saturated rings. The van der Waals surface area contributed by atoms with E-state index >= 15 is 0 Å². The van der Waals surface area contributed by atoms with Gasteiger partial charge < -0.3 is 9.84 Å². The largest absolute Gasteiger partial charge is 0.492 e. The molecule has 0 saturated heterocycles. The van der Waals surface area contributed by atoms with Crippen molar-refractivity contribution in [3.8, 4) is 5.75 Å². The fourth-order valence-corrected chi connectivity index (χ4v) is 3.63. The molecule has 1 aromatic rings. The third-order valence-electron chi connectivity index (χ3n) is 4.64. The van der Waals surface area contributed by atoms with Gasteiger partial charge in [0.1, 0.15) is 5.75 Å². The molecule has 19 heavy (non-hydrogen) atoms. The van der Waals surface area contributed by atoms with Gasteiger partial charge in [0, 0.05) is 11.8 Å². The van der Waals surface area contributed by atoms with E-state index in [1.807, 2.05) is 6.07 Å². The quantitative estimate of drug-likeness (QED) is 0.884. The highest BCUT2D eigenvalue weighted by Crippen LogP contribution is 2.60. The van der Waals surface area contributed by atoms with Crippen LogP contribution in [0.5, 0.6) is 5.75 Å². The minimum absolute atomic E-state index is 0.356. The molecule has 2 aliphatic carbocycles. The molecule has 104 valence electrons. The lowest BCUT2D eigenvalue weighted by Crippen LogP contribution is -2.04. The van der Waals surface area contributed by atoms with Gasteiger partial charge in [-0.2, -0.15) is 0 Å². The Hall–Kier alpha value is -1.09. The molecule has 3 nitrogen and oxygen atoms in total. The Kier molecular flexibility index (Phi) is 3.74. The van der Waals surface area contributed by atoms with E-state index in [1.165, 1.54) is 25.7 Å². The average Bonchev–Trinajstić information content (AvgIpc) is 3.19. The molecule has 1 N–H and O–H groups in total. The molecule has 3 rings (SSSR count). The van der Waals surface area contributed by atoms with Crippen molar-refractivity contribution in [2.24, 2.45) is 17.8 Å². The topological polar surface area (TPSA) is 42.4 Å². The van der Waals surface area contributed by atoms with E-state index in [-0.39, 0.29) is 6.10 Å². The maximum absolute atomic E-state index is 10.5. The van der Waals surface area contributed by atoms with Crippen LogP contribution in [0.15, 0.2) is 18.5 Å². The third kappa shape index (κ3) is 2.62. The Morgan fingerprint density at radius 3 is 2.74 bits per heavy atom. The molecule has 0 bridgehead atoms. The van der Waals surface area contributed by atoms with Crippen LogP contribution in [0.25, 0.3) is 0 Å². The summed E-state index contributed by atoms with van der Waals surface area (Å²) < 4.78 is 5.59. The van der Waals surface area contributed by atoms with E-state index < -0.39 is 0 Å². The summed E-state index contributed by atoms with van der Waals surface area (Å²) in [5.74, 6) is 2.75. The molecule has 0 spiro atoms. The molecule has 1 aromatic heterocycles. The van der Waals surface area contributed by atoms with Gasteiger partial charge in [0.2, 0.25) is 0 Å². The molecule has 0 aromatic carbocycles. The maximum Gasteiger partial charge on any atom is 0.137 e. The first kappa shape index (κ1) is 12.9. The van der Waals surface area contributed by atoms with E-state index in [2.05, 4.69) is 11.9 Å². The summed E-state index contributed by atoms with van der Waals surface area (Å²) in [7, 11) is 0. The van der Waals surface area contributed by atoms with E-state index in [9.17, 15) is 5.11 Å². The predicted molar refractivity (Wildman–Crippen MR) is 73.9 cm³/mol. The number of ether oxygens (including phenoxy) is 1. The van der Waals surface area contributed by atoms with Crippen molar-refractivity contribution in [2.75, 3.05) is 6.61 Å². The number of aromatic nitrogens is 1. The SMILES string of the molecule is CCCOc1cncc(C(O)C2C3CCCCC32)c1. The summed E-state index contributed by atoms with van der Waals surface area (Å²) in [5, 5.41) is 10.5. The smallest absolute Gasteiger partial charge is 0.137 e. The summed E-state index contributed by atoms with van der Waals surface area (Å²) >= 11 is 0. The second-order valence-corrected chi connectivity index (χ2v) is 5.94. The number of hydrogen-bond acceptors (Lipinski definition) is 3. The number of rotatable bonds is 5. The van der Waals surface area contributed by atoms with Crippen LogP contribution in [0.3, 0.4) is 0 Å². The lowest BCUT2D eigenvalue weighted by atomic mass is 10.0. The summed E-state index contributed by atoms with van der Waals surface area (Å²) in [6.45, 7) is 2.79. The van der Waals surface area contributed by atoms with Crippen LogP contribution in [0.4, 0.5) is 0 Å². The van der Waals surface area contributed by atoms with Crippen molar-refractivity contribution in [3.63, 3.8) is 0 Å². The zero-order valence-electron chi connectivity index (χ0n) is 11.6. The van der Waals surface area contributed by atoms with Gasteiger partial charge in [-0.1, -0.05) is 19.8 Å². The van der Waals surface area contributed by atoms with Gasteiger partial charge in [-0.15, -0.1) is 0 Å². The van der Waals surface area contributed by atoms with Crippen LogP contribution in [-0.4, -0.2) is 16.7 Å². The number of hydrogen-bond donors (Lipinski definition) is 1. The van der Waals surface area contributed by atoms with Gasteiger partial charge in [0.05, 0.1) is 18.9 Å². The standard InChI is InChI=1S/C16H23NO2/c1-2-7-19-12-8-11(9-17-10-12)16(18)15-13-5-3-4-6-14(13)15/h8-10,13-16,18H,2-7H2,1H3. The Bertz CT molecular complexity index is 423. The first-order valence-electron chi connectivity index (χ1n) is 7.57. The number of pyridine rings is 1. The van der Waals surface area contributed by atoms with Gasteiger partial charge in [-0.3, -0.25) is 4.98 Å². The van der Waals surface area contributed by atoms with E-state index in [0.29, 0.717) is 12.5 Å². The average molecular weight is 261 g/mol. The first-order chi connectivity index (χ1) is 9.31. The molecule has 3 atom stereocenters. The molecule has 3 unspecified atom stereocenters. The highest BCUT2D eigenvalue weighted by molar-refractivity contribution is 5.27. The van der Waals surface area contributed by atoms with Crippen LogP contribution in [0.1, 0.15) is 50.7 Å². The van der Waals surface area contributed by atoms with Crippen molar-refractivity contribution in [2.45, 2.75) is 45.1 Å². The Morgan fingerprint density at radius 1 is 1.32 bits per heavy atom. The molecule has 0 radical (unpaired) electrons. The van der Waals surface area contributed by atoms with Crippen molar-refractivity contribution >= 4 is 0 Å². The van der Waals surface area contributed by atoms with Gasteiger partial charge in [0.25, 0.3) is 0 Å². The van der Waals surface area contributed by atoms with Gasteiger partial charge >= 0.3 is 0 Å². The molecule has 0 amide bonds. The lowest BCUT2D eigenvalue weighted by Gasteiger charge is -2.12. The second-order valence-electron chi connectivity index (χ2n) is 5.94. The zero-order valence-corrected chi connectivity index (χ0v) is 11.6. The van der Waals surface area contributed by atoms with Crippen molar-refractivity contribution in [1.82, 2.24) is 4.98 Å². The van der Waals surface area contributed by atoms with Gasteiger partial charge in [-0.05, 0) is 43.1 Å². The fraction of sp³-hybridized carbons (Fsp3) is 0.688. The summed E-state index contributed by atoms with van der Waals surface area (Å²) in [4.78, 5) is 4.20. The van der Waals surface area contributed by atoms with Crippen molar-refractivity contribution in [3.05, 3.63) is 24.0 Å². The molecule has 2 saturated carbocycles. The molecule has 3 heteroatoms. The first-order valence-corrected chi connectivity index (χ1v) is 7.57. The van der Waals surface area contributed by atoms with Crippen molar-refractivity contribution in [1.29, 1.82) is 0 Å². The maximum atomic E-state index is 10.5. The van der Waals surface area contributed by atoms with Crippen LogP contribution in [-0.2, 0) is 0 Å². The van der Waals surface area contributed by atoms with Crippen molar-refractivity contribution < 1.29 is 9.84 Å². The van der Waals surface area contributed by atoms with E-state index in [0.717, 1.165) is 29.6 Å². The predicted octanol–water partition coefficient (Wildman–Crippen LogP) is 3.34. The normalized spacial score (nSPS) is 30.5. The third-order valence-corrected chi connectivity index (χ3v) is 4.64. The Balaban J connectivity index is 1.68. The highest BCUT2D eigenvalue weighted by atomic mass is 16.5. The fourth-order valence-electron chi connectivity index (χ4n) is 3.63. The highest BCUT2D eigenvalue weighted by Gasteiger charge is 2.54. The van der Waals surface area contributed by atoms with Crippen LogP contribution in [0.2, 0.25) is 0 Å². The molecule has 1 heterocycles. The monoisotopic (exact) mass is 261 g/mol. The minimum atomic E-state index is -0.356. The Morgan fingerprint density at radius 2 is 2.05 bits per heavy atom. The molecule has 2 aliphatic rings. The van der Waals surface area contributed by atoms with E-state index in [1.54, 1.807) is 12.4 Å². The van der Waals surface area contributed by atoms with E-state index in [4.69, 9.17) is 4.74 Å². The number of aliphatic hydroxyl groups is 1. The summed E-state index contributed by atoms with van der Waals surface area (Å²) in [6, 6.07) is 1.96. The zero-order chi connectivity index (χ0) is 13.2. The second kappa shape index (κ2) is 5.49. The lowest BCUT2D eigenvalue weighted by molar-refractivity contribution is 0.141. The molecular formula is C16H23NO2. The molecule has 0 aliphatic heterocycles. The molecular weight excluding hydrogens is 238 g/mol. The van der Waals surface area contributed by atoms with Crippen LogP contribution >= 0.6 is 0 Å². The Labute approximate surface area is 115 Å². The minimum Gasteiger partial charge on any atom is -0.492 e. The number of aliphatic hydroxyl groups excluding tert-OH is 1.